The lowest BCUT2D eigenvalue weighted by Gasteiger charge is -2.28. The number of amides is 4. The smallest absolute Gasteiger partial charge is 0.368 e. The molecule has 12 nitrogen and oxygen atoms in total. The number of primary amides is 1. The molecular formula is C9H13IN4O8S. The van der Waals surface area contributed by atoms with E-state index in [-0.39, 0.29) is 13.0 Å². The first-order valence-electron chi connectivity index (χ1n) is 6.29. The minimum Gasteiger partial charge on any atom is -0.368 e. The molecule has 2 aliphatic heterocycles. The molecule has 2 rings (SSSR count). The molecular weight excluding hydrogens is 451 g/mol. The SMILES string of the molecule is NC(=O)CONC(=O)[C@@H]1CC[C@@H]2CN1C(=O)N2OS(=O)(=O)OI. The van der Waals surface area contributed by atoms with Crippen LogP contribution in [0.2, 0.25) is 0 Å². The number of rotatable bonds is 7. The summed E-state index contributed by atoms with van der Waals surface area (Å²) in [6, 6.07) is -2.16. The Bertz CT molecular complexity index is 613. The average Bonchev–Trinajstić information content (AvgIpc) is 2.71. The van der Waals surface area contributed by atoms with Crippen LogP contribution in [-0.4, -0.2) is 61.5 Å². The third-order valence-corrected chi connectivity index (χ3v) is 5.08. The highest BCUT2D eigenvalue weighted by molar-refractivity contribution is 14.1. The predicted molar refractivity (Wildman–Crippen MR) is 79.1 cm³/mol. The van der Waals surface area contributed by atoms with Crippen molar-refractivity contribution in [2.75, 3.05) is 13.2 Å². The molecule has 2 atom stereocenters. The minimum absolute atomic E-state index is 0.115. The Hall–Kier alpha value is -1.23. The summed E-state index contributed by atoms with van der Waals surface area (Å²) >= 11 is 1.12. The van der Waals surface area contributed by atoms with Gasteiger partial charge in [-0.1, -0.05) is 0 Å². The molecule has 2 heterocycles. The Kier molecular flexibility index (Phi) is 5.61. The van der Waals surface area contributed by atoms with Gasteiger partial charge in [-0.3, -0.25) is 14.4 Å². The molecule has 2 fully saturated rings. The standard InChI is InChI=1S/C9H13IN4O8S/c10-21-23(18,19)22-14-5-1-2-6(13(3-5)9(14)17)8(16)12-20-4-7(11)15/h5-6H,1-4H2,(H2,11,15)(H,12,16)/t5-,6+/m1/s1. The predicted octanol–water partition coefficient (Wildman–Crippen LogP) is -1.67. The summed E-state index contributed by atoms with van der Waals surface area (Å²) in [5.41, 5.74) is 6.88. The number of carbonyl (C=O) groups excluding carboxylic acids is 3. The number of nitrogens with two attached hydrogens (primary N) is 1. The van der Waals surface area contributed by atoms with Crippen molar-refractivity contribution in [1.82, 2.24) is 15.4 Å². The van der Waals surface area contributed by atoms with Crippen LogP contribution in [0.25, 0.3) is 0 Å². The maximum absolute atomic E-state index is 12.2. The average molecular weight is 464 g/mol. The first-order valence-corrected chi connectivity index (χ1v) is 8.51. The summed E-state index contributed by atoms with van der Waals surface area (Å²) in [4.78, 5) is 40.4. The summed E-state index contributed by atoms with van der Waals surface area (Å²) in [6.07, 6.45) is 0.611. The van der Waals surface area contributed by atoms with E-state index in [1.54, 1.807) is 0 Å². The fourth-order valence-electron chi connectivity index (χ4n) is 2.36. The van der Waals surface area contributed by atoms with Crippen molar-refractivity contribution in [1.29, 1.82) is 0 Å². The van der Waals surface area contributed by atoms with Crippen LogP contribution in [0.3, 0.4) is 0 Å². The van der Waals surface area contributed by atoms with Gasteiger partial charge in [0.05, 0.1) is 6.04 Å². The van der Waals surface area contributed by atoms with Crippen molar-refractivity contribution in [3.05, 3.63) is 0 Å². The fraction of sp³-hybridized carbons (Fsp3) is 0.667. The zero-order valence-corrected chi connectivity index (χ0v) is 14.5. The maximum atomic E-state index is 12.2. The highest BCUT2D eigenvalue weighted by atomic mass is 127. The number of urea groups is 1. The lowest BCUT2D eigenvalue weighted by molar-refractivity contribution is -0.142. The van der Waals surface area contributed by atoms with Crippen molar-refractivity contribution >= 4 is 51.3 Å². The number of nitrogens with zero attached hydrogens (tertiary/aromatic N) is 2. The second kappa shape index (κ2) is 7.12. The van der Waals surface area contributed by atoms with Crippen LogP contribution >= 0.6 is 23.0 Å². The summed E-state index contributed by atoms with van der Waals surface area (Å²) in [5, 5.41) is 0.672. The van der Waals surface area contributed by atoms with Gasteiger partial charge in [-0.2, -0.15) is 16.0 Å². The van der Waals surface area contributed by atoms with Crippen LogP contribution in [0.5, 0.6) is 0 Å². The van der Waals surface area contributed by atoms with Crippen LogP contribution in [0.15, 0.2) is 0 Å². The van der Waals surface area contributed by atoms with E-state index < -0.39 is 46.9 Å². The zero-order chi connectivity index (χ0) is 17.2. The molecule has 0 aliphatic carbocycles. The van der Waals surface area contributed by atoms with Gasteiger partial charge >= 0.3 is 16.4 Å². The van der Waals surface area contributed by atoms with Gasteiger partial charge in [-0.05, 0) is 12.8 Å². The van der Waals surface area contributed by atoms with Crippen molar-refractivity contribution in [2.24, 2.45) is 5.73 Å². The van der Waals surface area contributed by atoms with Gasteiger partial charge in [0.2, 0.25) is 5.91 Å². The highest BCUT2D eigenvalue weighted by Crippen LogP contribution is 2.31. The Labute approximate surface area is 145 Å². The lowest BCUT2D eigenvalue weighted by Crippen LogP contribution is -2.50. The number of carbonyl (C=O) groups is 3. The molecule has 14 heteroatoms. The number of hydrogen-bond acceptors (Lipinski definition) is 8. The third-order valence-electron chi connectivity index (χ3n) is 3.26. The van der Waals surface area contributed by atoms with Gasteiger partial charge in [0.1, 0.15) is 29.0 Å². The van der Waals surface area contributed by atoms with E-state index in [0.29, 0.717) is 11.5 Å². The second-order valence-corrected chi connectivity index (χ2v) is 6.95. The van der Waals surface area contributed by atoms with E-state index in [2.05, 4.69) is 11.6 Å². The molecule has 2 saturated heterocycles. The molecule has 23 heavy (non-hydrogen) atoms. The van der Waals surface area contributed by atoms with E-state index in [9.17, 15) is 22.8 Å². The molecule has 3 N–H and O–H groups in total. The Balaban J connectivity index is 2.00. The van der Waals surface area contributed by atoms with Gasteiger partial charge < -0.3 is 10.6 Å². The van der Waals surface area contributed by atoms with E-state index in [4.69, 9.17) is 5.73 Å². The second-order valence-electron chi connectivity index (χ2n) is 4.77. The molecule has 0 radical (unpaired) electrons. The van der Waals surface area contributed by atoms with E-state index in [1.165, 1.54) is 0 Å². The normalized spacial score (nSPS) is 24.0. The minimum atomic E-state index is -4.35. The third kappa shape index (κ3) is 4.19. The topological polar surface area (TPSA) is 158 Å². The molecule has 0 saturated carbocycles. The number of halogens is 1. The molecule has 0 spiro atoms. The van der Waals surface area contributed by atoms with Crippen molar-refractivity contribution in [2.45, 2.75) is 24.9 Å². The van der Waals surface area contributed by atoms with Gasteiger partial charge in [0, 0.05) is 6.54 Å². The summed E-state index contributed by atoms with van der Waals surface area (Å²) in [7, 11) is -4.35. The number of nitrogens with one attached hydrogen (secondary N) is 1. The Morgan fingerprint density at radius 1 is 1.39 bits per heavy atom. The molecule has 0 aromatic carbocycles. The zero-order valence-electron chi connectivity index (χ0n) is 11.5. The summed E-state index contributed by atoms with van der Waals surface area (Å²) in [5.74, 6) is -1.41. The van der Waals surface area contributed by atoms with Crippen molar-refractivity contribution in [3.63, 3.8) is 0 Å². The first kappa shape index (κ1) is 18.1. The number of hydroxylamine groups is 3. The summed E-state index contributed by atoms with van der Waals surface area (Å²) < 4.78 is 31.3. The molecule has 2 bridgehead atoms. The number of fused-ring (bicyclic) bond motifs is 2. The monoisotopic (exact) mass is 464 g/mol. The van der Waals surface area contributed by atoms with Crippen LogP contribution in [-0.2, 0) is 31.6 Å². The molecule has 0 unspecified atom stereocenters. The molecule has 4 amide bonds. The van der Waals surface area contributed by atoms with E-state index in [0.717, 1.165) is 27.9 Å². The largest absolute Gasteiger partial charge is 0.430 e. The van der Waals surface area contributed by atoms with Crippen LogP contribution in [0.4, 0.5) is 4.79 Å². The summed E-state index contributed by atoms with van der Waals surface area (Å²) in [6.45, 7) is -0.390. The number of hydrogen-bond donors (Lipinski definition) is 2. The molecule has 2 aliphatic rings. The van der Waals surface area contributed by atoms with E-state index >= 15 is 0 Å². The van der Waals surface area contributed by atoms with Crippen molar-refractivity contribution < 1.29 is 34.4 Å². The van der Waals surface area contributed by atoms with Gasteiger partial charge in [0.25, 0.3) is 5.91 Å². The van der Waals surface area contributed by atoms with E-state index in [1.807, 2.05) is 5.48 Å². The quantitative estimate of drug-likeness (QED) is 0.335. The van der Waals surface area contributed by atoms with Crippen molar-refractivity contribution in [3.8, 4) is 0 Å². The molecule has 0 aromatic heterocycles. The van der Waals surface area contributed by atoms with Gasteiger partial charge in [-0.15, -0.1) is 4.28 Å². The van der Waals surface area contributed by atoms with Crippen LogP contribution in [0.1, 0.15) is 12.8 Å². The lowest BCUT2D eigenvalue weighted by atomic mass is 10.0. The number of piperidine rings is 1. The molecule has 0 aromatic rings. The highest BCUT2D eigenvalue weighted by Gasteiger charge is 2.49. The maximum Gasteiger partial charge on any atom is 0.430 e. The Morgan fingerprint density at radius 2 is 2.09 bits per heavy atom. The van der Waals surface area contributed by atoms with Crippen LogP contribution < -0.4 is 11.2 Å². The molecule has 130 valence electrons. The van der Waals surface area contributed by atoms with Gasteiger partial charge in [0.15, 0.2) is 6.61 Å². The first-order chi connectivity index (χ1) is 10.7. The fourth-order valence-corrected chi connectivity index (χ4v) is 2.96. The van der Waals surface area contributed by atoms with Crippen LogP contribution in [0, 0.1) is 0 Å². The Morgan fingerprint density at radius 3 is 2.70 bits per heavy atom. The van der Waals surface area contributed by atoms with Gasteiger partial charge in [-0.25, -0.2) is 10.3 Å².